The van der Waals surface area contributed by atoms with E-state index in [0.29, 0.717) is 6.42 Å². The van der Waals surface area contributed by atoms with Crippen molar-refractivity contribution >= 4 is 11.6 Å². The number of aryl methyl sites for hydroxylation is 1. The van der Waals surface area contributed by atoms with Crippen LogP contribution in [0.25, 0.3) is 11.1 Å². The highest BCUT2D eigenvalue weighted by Gasteiger charge is 2.32. The number of hydrogen-bond donors (Lipinski definition) is 1. The quantitative estimate of drug-likeness (QED) is 0.690. The summed E-state index contributed by atoms with van der Waals surface area (Å²) < 4.78 is 10.7. The number of aromatic nitrogens is 2. The van der Waals surface area contributed by atoms with Gasteiger partial charge in [-0.25, -0.2) is 0 Å². The number of nitrogens with zero attached hydrogens (tertiary/aromatic N) is 2. The molecule has 2 heterocycles. The summed E-state index contributed by atoms with van der Waals surface area (Å²) in [4.78, 5) is 15.0. The maximum absolute atomic E-state index is 13.1. The van der Waals surface area contributed by atoms with E-state index in [9.17, 15) is 4.79 Å². The third kappa shape index (κ3) is 3.83. The van der Waals surface area contributed by atoms with Crippen molar-refractivity contribution in [2.75, 3.05) is 25.7 Å². The average Bonchev–Trinajstić information content (AvgIpc) is 3.38. The molecule has 1 atom stereocenters. The van der Waals surface area contributed by atoms with Crippen molar-refractivity contribution in [2.24, 2.45) is 5.92 Å². The second-order valence-corrected chi connectivity index (χ2v) is 7.39. The summed E-state index contributed by atoms with van der Waals surface area (Å²) in [6.07, 6.45) is 5.19. The molecule has 0 radical (unpaired) electrons. The van der Waals surface area contributed by atoms with Gasteiger partial charge in [-0.15, -0.1) is 0 Å². The number of H-pyrrole nitrogens is 1. The molecule has 6 heteroatoms. The van der Waals surface area contributed by atoms with Gasteiger partial charge in [0.1, 0.15) is 11.5 Å². The number of methoxy groups -OCH3 is 2. The van der Waals surface area contributed by atoms with Gasteiger partial charge in [0.15, 0.2) is 0 Å². The van der Waals surface area contributed by atoms with Crippen LogP contribution in [0, 0.1) is 12.8 Å². The minimum atomic E-state index is -0.0410. The van der Waals surface area contributed by atoms with E-state index >= 15 is 0 Å². The first-order chi connectivity index (χ1) is 14.1. The molecule has 1 aromatic heterocycles. The molecule has 1 amide bonds. The number of rotatable bonds is 6. The van der Waals surface area contributed by atoms with E-state index in [1.807, 2.05) is 35.4 Å². The second-order valence-electron chi connectivity index (χ2n) is 7.39. The lowest BCUT2D eigenvalue weighted by Gasteiger charge is -2.19. The Morgan fingerprint density at radius 3 is 2.52 bits per heavy atom. The molecule has 1 saturated heterocycles. The Hall–Kier alpha value is -3.28. The standard InChI is InChI=1S/C23H25N3O3/c1-15-8-19(4-5-22(15)18-13-24-25-14-18)26-7-6-17(23(26)27)9-16-10-20(28-2)12-21(11-16)29-3/h4-5,8,10-14,17H,6-7,9H2,1-3H3,(H,24,25). The Bertz CT molecular complexity index is 992. The van der Waals surface area contributed by atoms with Gasteiger partial charge >= 0.3 is 0 Å². The summed E-state index contributed by atoms with van der Waals surface area (Å²) in [6, 6.07) is 12.0. The van der Waals surface area contributed by atoms with Crippen LogP contribution in [0.15, 0.2) is 48.8 Å². The van der Waals surface area contributed by atoms with Crippen molar-refractivity contribution in [1.82, 2.24) is 10.2 Å². The van der Waals surface area contributed by atoms with Gasteiger partial charge in [-0.1, -0.05) is 6.07 Å². The highest BCUT2D eigenvalue weighted by molar-refractivity contribution is 5.97. The first-order valence-corrected chi connectivity index (χ1v) is 9.72. The van der Waals surface area contributed by atoms with Crippen LogP contribution < -0.4 is 14.4 Å². The molecule has 1 unspecified atom stereocenters. The number of anilines is 1. The minimum absolute atomic E-state index is 0.0410. The molecule has 0 spiro atoms. The Balaban J connectivity index is 1.51. The second kappa shape index (κ2) is 7.99. The van der Waals surface area contributed by atoms with Gasteiger partial charge < -0.3 is 14.4 Å². The minimum Gasteiger partial charge on any atom is -0.497 e. The summed E-state index contributed by atoms with van der Waals surface area (Å²) in [5.74, 6) is 1.61. The molecule has 6 nitrogen and oxygen atoms in total. The molecule has 0 aliphatic carbocycles. The van der Waals surface area contributed by atoms with Crippen LogP contribution in [0.1, 0.15) is 17.5 Å². The van der Waals surface area contributed by atoms with Gasteiger partial charge in [0.05, 0.1) is 20.4 Å². The van der Waals surface area contributed by atoms with Crippen LogP contribution in [0.4, 0.5) is 5.69 Å². The fourth-order valence-electron chi connectivity index (χ4n) is 3.99. The number of carbonyl (C=O) groups is 1. The monoisotopic (exact) mass is 391 g/mol. The highest BCUT2D eigenvalue weighted by Crippen LogP contribution is 2.32. The Labute approximate surface area is 170 Å². The molecule has 0 saturated carbocycles. The van der Waals surface area contributed by atoms with Gasteiger partial charge in [0.25, 0.3) is 0 Å². The Kier molecular flexibility index (Phi) is 5.25. The van der Waals surface area contributed by atoms with Crippen LogP contribution in [0.3, 0.4) is 0 Å². The van der Waals surface area contributed by atoms with Crippen molar-refractivity contribution in [3.63, 3.8) is 0 Å². The molecule has 3 aromatic rings. The first-order valence-electron chi connectivity index (χ1n) is 9.72. The third-order valence-corrected chi connectivity index (χ3v) is 5.54. The fourth-order valence-corrected chi connectivity index (χ4v) is 3.99. The van der Waals surface area contributed by atoms with Gasteiger partial charge in [0, 0.05) is 36.0 Å². The van der Waals surface area contributed by atoms with E-state index in [1.165, 1.54) is 0 Å². The van der Waals surface area contributed by atoms with E-state index in [2.05, 4.69) is 29.3 Å². The third-order valence-electron chi connectivity index (χ3n) is 5.54. The summed E-state index contributed by atoms with van der Waals surface area (Å²) in [7, 11) is 3.27. The highest BCUT2D eigenvalue weighted by atomic mass is 16.5. The summed E-state index contributed by atoms with van der Waals surface area (Å²) in [5, 5.41) is 6.86. The van der Waals surface area contributed by atoms with Gasteiger partial charge in [-0.3, -0.25) is 9.89 Å². The van der Waals surface area contributed by atoms with Crippen molar-refractivity contribution in [2.45, 2.75) is 19.8 Å². The van der Waals surface area contributed by atoms with E-state index in [0.717, 1.165) is 52.4 Å². The lowest BCUT2D eigenvalue weighted by atomic mass is 9.97. The molecular formula is C23H25N3O3. The average molecular weight is 391 g/mol. The number of nitrogens with one attached hydrogen (secondary N) is 1. The molecule has 4 rings (SSSR count). The van der Waals surface area contributed by atoms with Crippen molar-refractivity contribution in [1.29, 1.82) is 0 Å². The number of ether oxygens (including phenoxy) is 2. The summed E-state index contributed by atoms with van der Waals surface area (Å²) >= 11 is 0. The first kappa shape index (κ1) is 19.1. The molecular weight excluding hydrogens is 366 g/mol. The zero-order valence-corrected chi connectivity index (χ0v) is 16.9. The normalized spacial score (nSPS) is 16.3. The van der Waals surface area contributed by atoms with E-state index in [4.69, 9.17) is 9.47 Å². The Morgan fingerprint density at radius 2 is 1.90 bits per heavy atom. The summed E-state index contributed by atoms with van der Waals surface area (Å²) in [6.45, 7) is 2.79. The van der Waals surface area contributed by atoms with E-state index in [-0.39, 0.29) is 11.8 Å². The zero-order chi connectivity index (χ0) is 20.4. The van der Waals surface area contributed by atoms with E-state index in [1.54, 1.807) is 20.4 Å². The zero-order valence-electron chi connectivity index (χ0n) is 16.9. The maximum Gasteiger partial charge on any atom is 0.230 e. The predicted octanol–water partition coefficient (Wildman–Crippen LogP) is 4.00. The van der Waals surface area contributed by atoms with Crippen LogP contribution in [-0.2, 0) is 11.2 Å². The van der Waals surface area contributed by atoms with Gasteiger partial charge in [-0.2, -0.15) is 5.10 Å². The molecule has 1 aliphatic heterocycles. The molecule has 2 aromatic carbocycles. The van der Waals surface area contributed by atoms with Crippen molar-refractivity contribution in [3.8, 4) is 22.6 Å². The number of amides is 1. The maximum atomic E-state index is 13.1. The van der Waals surface area contributed by atoms with Gasteiger partial charge in [-0.05, 0) is 60.7 Å². The number of benzene rings is 2. The molecule has 29 heavy (non-hydrogen) atoms. The number of hydrogen-bond acceptors (Lipinski definition) is 4. The SMILES string of the molecule is COc1cc(CC2CCN(c3ccc(-c4cn[nH]c4)c(C)c3)C2=O)cc(OC)c1. The van der Waals surface area contributed by atoms with E-state index < -0.39 is 0 Å². The predicted molar refractivity (Wildman–Crippen MR) is 112 cm³/mol. The van der Waals surface area contributed by atoms with Gasteiger partial charge in [0.2, 0.25) is 5.91 Å². The van der Waals surface area contributed by atoms with Crippen LogP contribution in [0.2, 0.25) is 0 Å². The van der Waals surface area contributed by atoms with Crippen molar-refractivity contribution < 1.29 is 14.3 Å². The molecule has 0 bridgehead atoms. The largest absolute Gasteiger partial charge is 0.497 e. The lowest BCUT2D eigenvalue weighted by molar-refractivity contribution is -0.120. The van der Waals surface area contributed by atoms with Crippen LogP contribution in [0.5, 0.6) is 11.5 Å². The lowest BCUT2D eigenvalue weighted by Crippen LogP contribution is -2.27. The van der Waals surface area contributed by atoms with Crippen LogP contribution in [-0.4, -0.2) is 36.9 Å². The molecule has 150 valence electrons. The Morgan fingerprint density at radius 1 is 1.14 bits per heavy atom. The fraction of sp³-hybridized carbons (Fsp3) is 0.304. The van der Waals surface area contributed by atoms with Crippen LogP contribution >= 0.6 is 0 Å². The smallest absolute Gasteiger partial charge is 0.230 e. The number of aromatic amines is 1. The number of carbonyl (C=O) groups excluding carboxylic acids is 1. The molecule has 1 N–H and O–H groups in total. The topological polar surface area (TPSA) is 67.5 Å². The molecule has 1 fully saturated rings. The summed E-state index contributed by atoms with van der Waals surface area (Å²) in [5.41, 5.74) is 5.29. The molecule has 1 aliphatic rings. The van der Waals surface area contributed by atoms with Crippen molar-refractivity contribution in [3.05, 3.63) is 59.9 Å².